The van der Waals surface area contributed by atoms with Crippen molar-refractivity contribution in [1.82, 2.24) is 4.57 Å². The third-order valence-electron chi connectivity index (χ3n) is 6.30. The van der Waals surface area contributed by atoms with Crippen LogP contribution in [0.5, 0.6) is 0 Å². The molecule has 5 rings (SSSR count). The van der Waals surface area contributed by atoms with Crippen molar-refractivity contribution in [2.75, 3.05) is 4.31 Å². The second-order valence-corrected chi connectivity index (χ2v) is 10.2. The molecular formula is C26H24N2O3S. The first kappa shape index (κ1) is 20.5. The molecule has 0 fully saturated rings. The number of sulfonamides is 1. The molecule has 4 aromatic rings. The van der Waals surface area contributed by atoms with E-state index < -0.39 is 15.9 Å². The smallest absolute Gasteiger partial charge is 0.272 e. The third kappa shape index (κ3) is 3.06. The number of nitrogens with zero attached hydrogens (tertiary/aromatic N) is 2. The maximum atomic E-state index is 13.7. The van der Waals surface area contributed by atoms with E-state index in [4.69, 9.17) is 0 Å². The number of hydrogen-bond donors (Lipinski definition) is 0. The van der Waals surface area contributed by atoms with Crippen molar-refractivity contribution in [3.8, 4) is 0 Å². The summed E-state index contributed by atoms with van der Waals surface area (Å²) in [6.45, 7) is 3.92. The molecule has 1 atom stereocenters. The van der Waals surface area contributed by atoms with Crippen molar-refractivity contribution >= 4 is 32.7 Å². The zero-order valence-corrected chi connectivity index (χ0v) is 19.1. The Hall–Kier alpha value is -3.38. The molecule has 162 valence electrons. The van der Waals surface area contributed by atoms with Gasteiger partial charge >= 0.3 is 0 Å². The SMILES string of the molecule is Cc1ccc(C2CC(=O)N(S(=O)(=O)c3ccc(C)cc3)c3c2c2ccccc2n3C)cc1. The maximum Gasteiger partial charge on any atom is 0.272 e. The first-order valence-electron chi connectivity index (χ1n) is 10.6. The van der Waals surface area contributed by atoms with Gasteiger partial charge in [0.2, 0.25) is 5.91 Å². The molecule has 1 amide bonds. The van der Waals surface area contributed by atoms with Crippen LogP contribution in [0.1, 0.15) is 34.6 Å². The minimum absolute atomic E-state index is 0.0924. The molecule has 1 aromatic heterocycles. The number of aryl methyl sites for hydroxylation is 3. The second kappa shape index (κ2) is 7.35. The zero-order chi connectivity index (χ0) is 22.6. The van der Waals surface area contributed by atoms with E-state index in [9.17, 15) is 13.2 Å². The summed E-state index contributed by atoms with van der Waals surface area (Å²) in [5.74, 6) is -0.211. The number of hydrogen-bond acceptors (Lipinski definition) is 3. The Kier molecular flexibility index (Phi) is 4.71. The van der Waals surface area contributed by atoms with Gasteiger partial charge in [0.25, 0.3) is 10.0 Å². The van der Waals surface area contributed by atoms with Gasteiger partial charge in [0.15, 0.2) is 0 Å². The number of para-hydroxylation sites is 1. The van der Waals surface area contributed by atoms with E-state index in [-0.39, 0.29) is 17.2 Å². The first-order chi connectivity index (χ1) is 15.3. The lowest BCUT2D eigenvalue weighted by molar-refractivity contribution is -0.118. The monoisotopic (exact) mass is 444 g/mol. The number of benzene rings is 3. The molecule has 0 aliphatic carbocycles. The fourth-order valence-electron chi connectivity index (χ4n) is 4.62. The standard InChI is InChI=1S/C26H24N2O3S/c1-17-8-12-19(13-9-17)22-16-24(29)28(32(30,31)20-14-10-18(2)11-15-20)26-25(22)21-6-4-5-7-23(21)27(26)3/h4-15,22H,16H2,1-3H3. The van der Waals surface area contributed by atoms with Crippen molar-refractivity contribution in [1.29, 1.82) is 0 Å². The highest BCUT2D eigenvalue weighted by Crippen LogP contribution is 2.47. The lowest BCUT2D eigenvalue weighted by Crippen LogP contribution is -2.42. The van der Waals surface area contributed by atoms with Crippen LogP contribution >= 0.6 is 0 Å². The van der Waals surface area contributed by atoms with Gasteiger partial charge in [-0.3, -0.25) is 4.79 Å². The van der Waals surface area contributed by atoms with E-state index in [2.05, 4.69) is 0 Å². The van der Waals surface area contributed by atoms with Crippen molar-refractivity contribution in [2.45, 2.75) is 31.1 Å². The minimum Gasteiger partial charge on any atom is -0.329 e. The van der Waals surface area contributed by atoms with Gasteiger partial charge in [-0.15, -0.1) is 0 Å². The third-order valence-corrected chi connectivity index (χ3v) is 8.02. The molecule has 1 aliphatic rings. The van der Waals surface area contributed by atoms with Crippen LogP contribution in [0, 0.1) is 13.8 Å². The van der Waals surface area contributed by atoms with Crippen LogP contribution in [0.4, 0.5) is 5.82 Å². The average Bonchev–Trinajstić information content (AvgIpc) is 3.06. The Bertz CT molecular complexity index is 1450. The van der Waals surface area contributed by atoms with Gasteiger partial charge in [-0.05, 0) is 37.6 Å². The zero-order valence-electron chi connectivity index (χ0n) is 18.2. The molecule has 0 radical (unpaired) electrons. The van der Waals surface area contributed by atoms with Crippen molar-refractivity contribution in [3.05, 3.63) is 95.1 Å². The summed E-state index contributed by atoms with van der Waals surface area (Å²) in [5.41, 5.74) is 4.88. The highest BCUT2D eigenvalue weighted by atomic mass is 32.2. The molecule has 1 aliphatic heterocycles. The highest BCUT2D eigenvalue weighted by molar-refractivity contribution is 7.93. The molecule has 5 nitrogen and oxygen atoms in total. The fraction of sp³-hybridized carbons (Fsp3) is 0.192. The lowest BCUT2D eigenvalue weighted by atomic mass is 9.85. The van der Waals surface area contributed by atoms with E-state index in [1.165, 1.54) is 0 Å². The highest BCUT2D eigenvalue weighted by Gasteiger charge is 2.43. The molecular weight excluding hydrogens is 420 g/mol. The van der Waals surface area contributed by atoms with Crippen molar-refractivity contribution in [3.63, 3.8) is 0 Å². The molecule has 0 saturated heterocycles. The van der Waals surface area contributed by atoms with Gasteiger partial charge in [0, 0.05) is 35.9 Å². The van der Waals surface area contributed by atoms with Gasteiger partial charge in [-0.1, -0.05) is 65.7 Å². The van der Waals surface area contributed by atoms with Crippen LogP contribution in [0.2, 0.25) is 0 Å². The molecule has 6 heteroatoms. The van der Waals surface area contributed by atoms with Crippen molar-refractivity contribution < 1.29 is 13.2 Å². The van der Waals surface area contributed by atoms with Crippen LogP contribution < -0.4 is 4.31 Å². The minimum atomic E-state index is -4.06. The lowest BCUT2D eigenvalue weighted by Gasteiger charge is -2.32. The summed E-state index contributed by atoms with van der Waals surface area (Å²) in [5, 5.41) is 0.965. The largest absolute Gasteiger partial charge is 0.329 e. The number of carbonyl (C=O) groups excluding carboxylic acids is 1. The summed E-state index contributed by atoms with van der Waals surface area (Å²) >= 11 is 0. The predicted octanol–water partition coefficient (Wildman–Crippen LogP) is 5.05. The Balaban J connectivity index is 1.78. The van der Waals surface area contributed by atoms with Gasteiger partial charge in [0.05, 0.1) is 4.90 Å². The number of rotatable bonds is 3. The number of carbonyl (C=O) groups is 1. The Morgan fingerprint density at radius 1 is 0.844 bits per heavy atom. The average molecular weight is 445 g/mol. The van der Waals surface area contributed by atoms with E-state index >= 15 is 0 Å². The number of anilines is 1. The molecule has 0 bridgehead atoms. The molecule has 2 heterocycles. The molecule has 0 spiro atoms. The fourth-order valence-corrected chi connectivity index (χ4v) is 6.10. The molecule has 3 aromatic carbocycles. The van der Waals surface area contributed by atoms with E-state index in [1.54, 1.807) is 24.3 Å². The number of aromatic nitrogens is 1. The van der Waals surface area contributed by atoms with Crippen LogP contribution in [-0.2, 0) is 21.9 Å². The first-order valence-corrected chi connectivity index (χ1v) is 12.0. The van der Waals surface area contributed by atoms with E-state index in [1.807, 2.05) is 74.0 Å². The Morgan fingerprint density at radius 2 is 1.44 bits per heavy atom. The van der Waals surface area contributed by atoms with Crippen LogP contribution in [0.15, 0.2) is 77.7 Å². The molecule has 1 unspecified atom stereocenters. The molecule has 0 N–H and O–H groups in total. The quantitative estimate of drug-likeness (QED) is 0.444. The summed E-state index contributed by atoms with van der Waals surface area (Å²) in [6.07, 6.45) is 0.0924. The van der Waals surface area contributed by atoms with Gasteiger partial charge in [-0.25, -0.2) is 8.42 Å². The van der Waals surface area contributed by atoms with Gasteiger partial charge < -0.3 is 4.57 Å². The van der Waals surface area contributed by atoms with Crippen LogP contribution in [0.3, 0.4) is 0 Å². The predicted molar refractivity (Wildman–Crippen MR) is 126 cm³/mol. The molecule has 0 saturated carbocycles. The Morgan fingerprint density at radius 3 is 2.09 bits per heavy atom. The van der Waals surface area contributed by atoms with Gasteiger partial charge in [0.1, 0.15) is 5.82 Å². The summed E-state index contributed by atoms with van der Waals surface area (Å²) in [6, 6.07) is 22.6. The van der Waals surface area contributed by atoms with E-state index in [0.29, 0.717) is 5.82 Å². The summed E-state index contributed by atoms with van der Waals surface area (Å²) in [4.78, 5) is 13.6. The van der Waals surface area contributed by atoms with Crippen LogP contribution in [0.25, 0.3) is 10.9 Å². The maximum absolute atomic E-state index is 13.7. The topological polar surface area (TPSA) is 59.4 Å². The van der Waals surface area contributed by atoms with Crippen molar-refractivity contribution in [2.24, 2.45) is 7.05 Å². The second-order valence-electron chi connectivity index (χ2n) is 8.46. The van der Waals surface area contributed by atoms with Gasteiger partial charge in [-0.2, -0.15) is 4.31 Å². The molecule has 32 heavy (non-hydrogen) atoms. The summed E-state index contributed by atoms with van der Waals surface area (Å²) in [7, 11) is -2.24. The Labute approximate surface area is 188 Å². The summed E-state index contributed by atoms with van der Waals surface area (Å²) < 4.78 is 30.2. The number of amides is 1. The van der Waals surface area contributed by atoms with Crippen LogP contribution in [-0.4, -0.2) is 18.9 Å². The normalized spacial score (nSPS) is 16.4. The van der Waals surface area contributed by atoms with E-state index in [0.717, 1.165) is 37.5 Å². The number of fused-ring (bicyclic) bond motifs is 3.